The quantitative estimate of drug-likeness (QED) is 0.107. The Labute approximate surface area is 356 Å². The van der Waals surface area contributed by atoms with E-state index in [0.717, 1.165) is 77.0 Å². The monoisotopic (exact) mass is 841 g/mol. The summed E-state index contributed by atoms with van der Waals surface area (Å²) in [7, 11) is 1.42. The van der Waals surface area contributed by atoms with Gasteiger partial charge in [0.15, 0.2) is 0 Å². The fourth-order valence-corrected chi connectivity index (χ4v) is 8.97. The van der Waals surface area contributed by atoms with Gasteiger partial charge in [0, 0.05) is 36.3 Å². The summed E-state index contributed by atoms with van der Waals surface area (Å²) in [5.74, 6) is -0.237. The van der Waals surface area contributed by atoms with Crippen LogP contribution in [0.5, 0.6) is 0 Å². The number of hydrogen-bond acceptors (Lipinski definition) is 12. The Bertz CT molecular complexity index is 1250. The SMILES string of the molecule is COC(=O)C(C)(C)N[C@H]1CC[C@H](OCCOC2C[C@@H](C)N(C(=O)OC(C)(C)C)[C@@H](C)C2)CC1.C[C@@H]1CC(OCCO[C@H]2CC[C@H](N)CC2)C[C@H](C)N1C(=O)OC(C)(C)C. The van der Waals surface area contributed by atoms with Gasteiger partial charge in [0.2, 0.25) is 0 Å². The highest BCUT2D eigenvalue weighted by molar-refractivity contribution is 5.79. The molecule has 2 aliphatic heterocycles. The second kappa shape index (κ2) is 23.3. The van der Waals surface area contributed by atoms with Crippen LogP contribution in [0, 0.1) is 0 Å². The third kappa shape index (κ3) is 18.0. The summed E-state index contributed by atoms with van der Waals surface area (Å²) in [4.78, 5) is 40.5. The average Bonchev–Trinajstić information content (AvgIpc) is 3.11. The number of rotatable bonds is 13. The van der Waals surface area contributed by atoms with Crippen molar-refractivity contribution in [3.63, 3.8) is 0 Å². The van der Waals surface area contributed by atoms with Gasteiger partial charge in [-0.15, -0.1) is 0 Å². The van der Waals surface area contributed by atoms with Crippen molar-refractivity contribution >= 4 is 18.2 Å². The van der Waals surface area contributed by atoms with Crippen LogP contribution in [0.15, 0.2) is 0 Å². The Kier molecular flexibility index (Phi) is 20.2. The van der Waals surface area contributed by atoms with E-state index in [4.69, 9.17) is 38.9 Å². The van der Waals surface area contributed by atoms with Crippen LogP contribution in [0.4, 0.5) is 9.59 Å². The topological polar surface area (TPSA) is 160 Å². The van der Waals surface area contributed by atoms with Crippen LogP contribution in [-0.2, 0) is 38.0 Å². The standard InChI is InChI=1S/C25H46N2O6.C20H38N2O4/c1-17-15-21(16-18(2)27(17)23(29)33-24(3,4)5)32-14-13-31-20-11-9-19(10-12-20)26-25(6,7)22(28)30-8;1-14-12-18(13-15(2)22(14)19(23)26-20(3,4)5)25-11-10-24-17-8-6-16(21)7-9-17/h17-21,26H,9-16H2,1-8H3;14-18H,6-13,21H2,1-5H3/t17-,18+,19-,20-,21?;14-,15+,16-,17-,18?. The molecule has 2 heterocycles. The van der Waals surface area contributed by atoms with E-state index >= 15 is 0 Å². The van der Waals surface area contributed by atoms with Crippen molar-refractivity contribution in [2.75, 3.05) is 33.5 Å². The van der Waals surface area contributed by atoms with Crippen molar-refractivity contribution < 1.29 is 47.5 Å². The Morgan fingerprint density at radius 2 is 0.864 bits per heavy atom. The number of ether oxygens (including phenoxy) is 7. The maximum Gasteiger partial charge on any atom is 0.410 e. The minimum Gasteiger partial charge on any atom is -0.468 e. The highest BCUT2D eigenvalue weighted by Crippen LogP contribution is 2.29. The Morgan fingerprint density at radius 1 is 0.542 bits per heavy atom. The minimum absolute atomic E-state index is 0.0755. The van der Waals surface area contributed by atoms with Crippen molar-refractivity contribution in [2.24, 2.45) is 5.73 Å². The van der Waals surface area contributed by atoms with E-state index in [1.165, 1.54) is 7.11 Å². The zero-order valence-electron chi connectivity index (χ0n) is 39.1. The number of nitrogens with one attached hydrogen (secondary N) is 1. The molecule has 0 aromatic heterocycles. The van der Waals surface area contributed by atoms with Gasteiger partial charge in [-0.05, 0) is 160 Å². The van der Waals surface area contributed by atoms with Crippen molar-refractivity contribution in [1.29, 1.82) is 0 Å². The van der Waals surface area contributed by atoms with Gasteiger partial charge >= 0.3 is 18.2 Å². The number of carbonyl (C=O) groups is 3. The molecule has 4 aliphatic rings. The molecule has 2 saturated heterocycles. The normalized spacial score (nSPS) is 30.8. The number of esters is 1. The van der Waals surface area contributed by atoms with Crippen LogP contribution in [0.3, 0.4) is 0 Å². The lowest BCUT2D eigenvalue weighted by Crippen LogP contribution is -2.53. The smallest absolute Gasteiger partial charge is 0.410 e. The maximum atomic E-state index is 12.5. The molecule has 0 bridgehead atoms. The lowest BCUT2D eigenvalue weighted by Gasteiger charge is -2.42. The lowest BCUT2D eigenvalue weighted by atomic mass is 9.90. The van der Waals surface area contributed by atoms with E-state index in [0.29, 0.717) is 44.6 Å². The Balaban J connectivity index is 0.000000324. The molecule has 14 nitrogen and oxygen atoms in total. The first kappa shape index (κ1) is 51.1. The van der Waals surface area contributed by atoms with Gasteiger partial charge in [-0.3, -0.25) is 10.1 Å². The van der Waals surface area contributed by atoms with Crippen molar-refractivity contribution in [3.8, 4) is 0 Å². The first-order valence-electron chi connectivity index (χ1n) is 22.6. The van der Waals surface area contributed by atoms with Crippen LogP contribution in [0.2, 0.25) is 0 Å². The molecule has 6 atom stereocenters. The molecular formula is C45H84N4O10. The van der Waals surface area contributed by atoms with E-state index in [1.54, 1.807) is 0 Å². The molecule has 4 rings (SSSR count). The number of methoxy groups -OCH3 is 1. The highest BCUT2D eigenvalue weighted by atomic mass is 16.6. The molecular weight excluding hydrogens is 757 g/mol. The molecule has 2 unspecified atom stereocenters. The second-order valence-corrected chi connectivity index (χ2v) is 20.1. The molecule has 0 aromatic carbocycles. The van der Waals surface area contributed by atoms with Gasteiger partial charge in [0.1, 0.15) is 16.7 Å². The summed E-state index contributed by atoms with van der Waals surface area (Å²) in [5, 5.41) is 3.42. The molecule has 14 heteroatoms. The summed E-state index contributed by atoms with van der Waals surface area (Å²) < 4.78 is 40.1. The number of likely N-dealkylation sites (tertiary alicyclic amines) is 2. The zero-order valence-corrected chi connectivity index (χ0v) is 39.1. The Hall–Kier alpha value is -2.23. The highest BCUT2D eigenvalue weighted by Gasteiger charge is 2.39. The third-order valence-electron chi connectivity index (χ3n) is 11.8. The number of piperidine rings is 2. The number of nitrogens with two attached hydrogens (primary N) is 1. The number of hydrogen-bond donors (Lipinski definition) is 2. The largest absolute Gasteiger partial charge is 0.468 e. The van der Waals surface area contributed by atoms with Crippen LogP contribution in [0.25, 0.3) is 0 Å². The summed E-state index contributed by atoms with van der Waals surface area (Å²) in [6.07, 6.45) is 11.8. The summed E-state index contributed by atoms with van der Waals surface area (Å²) in [5.41, 5.74) is 4.29. The van der Waals surface area contributed by atoms with Gasteiger partial charge < -0.3 is 48.7 Å². The van der Waals surface area contributed by atoms with Crippen molar-refractivity contribution in [2.45, 2.75) is 238 Å². The molecule has 0 aromatic rings. The molecule has 4 fully saturated rings. The Morgan fingerprint density at radius 3 is 1.19 bits per heavy atom. The average molecular weight is 841 g/mol. The predicted octanol–water partition coefficient (Wildman–Crippen LogP) is 7.51. The van der Waals surface area contributed by atoms with Crippen molar-refractivity contribution in [1.82, 2.24) is 15.1 Å². The van der Waals surface area contributed by atoms with E-state index < -0.39 is 16.7 Å². The molecule has 2 amide bonds. The first-order chi connectivity index (χ1) is 27.5. The molecule has 3 N–H and O–H groups in total. The van der Waals surface area contributed by atoms with E-state index in [9.17, 15) is 14.4 Å². The van der Waals surface area contributed by atoms with E-state index in [1.807, 2.05) is 65.2 Å². The fourth-order valence-electron chi connectivity index (χ4n) is 8.97. The molecule has 2 saturated carbocycles. The van der Waals surface area contributed by atoms with Crippen molar-refractivity contribution in [3.05, 3.63) is 0 Å². The number of carbonyl (C=O) groups excluding carboxylic acids is 3. The van der Waals surface area contributed by atoms with Crippen LogP contribution >= 0.6 is 0 Å². The number of nitrogens with zero attached hydrogens (tertiary/aromatic N) is 2. The molecule has 2 aliphatic carbocycles. The predicted molar refractivity (Wildman–Crippen MR) is 229 cm³/mol. The van der Waals surface area contributed by atoms with Gasteiger partial charge in [-0.1, -0.05) is 0 Å². The molecule has 0 spiro atoms. The second-order valence-electron chi connectivity index (χ2n) is 20.1. The number of amides is 2. The van der Waals surface area contributed by atoms with Gasteiger partial charge in [0.25, 0.3) is 0 Å². The van der Waals surface area contributed by atoms with E-state index in [2.05, 4.69) is 33.0 Å². The molecule has 59 heavy (non-hydrogen) atoms. The van der Waals surface area contributed by atoms with Gasteiger partial charge in [-0.25, -0.2) is 9.59 Å². The summed E-state index contributed by atoms with van der Waals surface area (Å²) >= 11 is 0. The van der Waals surface area contributed by atoms with Gasteiger partial charge in [-0.2, -0.15) is 0 Å². The van der Waals surface area contributed by atoms with Crippen LogP contribution in [0.1, 0.15) is 160 Å². The van der Waals surface area contributed by atoms with Gasteiger partial charge in [0.05, 0.1) is 58.0 Å². The van der Waals surface area contributed by atoms with Crippen LogP contribution < -0.4 is 11.1 Å². The first-order valence-corrected chi connectivity index (χ1v) is 22.6. The van der Waals surface area contributed by atoms with E-state index in [-0.39, 0.29) is 60.6 Å². The molecule has 0 radical (unpaired) electrons. The summed E-state index contributed by atoms with van der Waals surface area (Å²) in [6, 6.07) is 1.02. The zero-order chi connectivity index (χ0) is 44.1. The fraction of sp³-hybridized carbons (Fsp3) is 0.933. The van der Waals surface area contributed by atoms with Crippen LogP contribution in [-0.4, -0.2) is 139 Å². The molecule has 344 valence electrons. The lowest BCUT2D eigenvalue weighted by molar-refractivity contribution is -0.147. The third-order valence-corrected chi connectivity index (χ3v) is 11.8. The maximum absolute atomic E-state index is 12.5. The minimum atomic E-state index is -0.672. The summed E-state index contributed by atoms with van der Waals surface area (Å²) in [6.45, 7) is 25.7.